The van der Waals surface area contributed by atoms with Gasteiger partial charge in [-0.05, 0) is 36.6 Å². The van der Waals surface area contributed by atoms with E-state index in [1.54, 1.807) is 0 Å². The molecule has 4 rings (SSSR count). The first kappa shape index (κ1) is 14.6. The first-order valence-electron chi connectivity index (χ1n) is 8.41. The van der Waals surface area contributed by atoms with E-state index in [1.165, 1.54) is 6.42 Å². The topological polar surface area (TPSA) is 50.5 Å². The molecular formula is C18H23N3O2. The summed E-state index contributed by atoms with van der Waals surface area (Å²) in [5.41, 5.74) is 1.05. The second-order valence-corrected chi connectivity index (χ2v) is 6.45. The molecule has 3 heterocycles. The highest BCUT2D eigenvalue weighted by molar-refractivity contribution is 5.65. The molecule has 5 heteroatoms. The van der Waals surface area contributed by atoms with Crippen LogP contribution in [0.3, 0.4) is 0 Å². The van der Waals surface area contributed by atoms with Crippen LogP contribution in [0.4, 0.5) is 11.5 Å². The fourth-order valence-corrected chi connectivity index (χ4v) is 3.15. The van der Waals surface area contributed by atoms with Crippen LogP contribution in [0.15, 0.2) is 34.9 Å². The van der Waals surface area contributed by atoms with Gasteiger partial charge < -0.3 is 19.4 Å². The Morgan fingerprint density at radius 2 is 2.09 bits per heavy atom. The summed E-state index contributed by atoms with van der Waals surface area (Å²) >= 11 is 0. The van der Waals surface area contributed by atoms with Gasteiger partial charge in [-0.25, -0.2) is 4.98 Å². The molecule has 0 unspecified atom stereocenters. The van der Waals surface area contributed by atoms with Gasteiger partial charge in [-0.1, -0.05) is 6.92 Å². The molecule has 2 atom stereocenters. The maximum atomic E-state index is 5.97. The zero-order valence-electron chi connectivity index (χ0n) is 13.5. The Bertz CT molecular complexity index is 664. The third kappa shape index (κ3) is 3.20. The van der Waals surface area contributed by atoms with Crippen LogP contribution in [0.1, 0.15) is 30.8 Å². The number of morpholine rings is 1. The standard InChI is InChI=1S/C18H23N3O2/c1-13-11-15(13)17-5-4-14(23-17)12-20-16-3-2-6-19-18(16)21-7-9-22-10-8-21/h2-6,13,15,20H,7-12H2,1H3/t13-,15+/m0/s1. The maximum Gasteiger partial charge on any atom is 0.152 e. The van der Waals surface area contributed by atoms with Crippen molar-refractivity contribution in [3.05, 3.63) is 42.0 Å². The molecular weight excluding hydrogens is 290 g/mol. The minimum atomic E-state index is 0.631. The van der Waals surface area contributed by atoms with Gasteiger partial charge in [-0.2, -0.15) is 0 Å². The Hall–Kier alpha value is -2.01. The van der Waals surface area contributed by atoms with Gasteiger partial charge in [0.1, 0.15) is 11.5 Å². The van der Waals surface area contributed by atoms with Crippen molar-refractivity contribution in [1.29, 1.82) is 0 Å². The van der Waals surface area contributed by atoms with Crippen LogP contribution in [0.25, 0.3) is 0 Å². The molecule has 1 aliphatic heterocycles. The Morgan fingerprint density at radius 3 is 2.87 bits per heavy atom. The van der Waals surface area contributed by atoms with Crippen LogP contribution >= 0.6 is 0 Å². The summed E-state index contributed by atoms with van der Waals surface area (Å²) in [4.78, 5) is 6.81. The number of furan rings is 1. The SMILES string of the molecule is C[C@H]1C[C@H]1c1ccc(CNc2cccnc2N2CCOCC2)o1. The molecule has 1 saturated heterocycles. The zero-order valence-corrected chi connectivity index (χ0v) is 13.5. The fourth-order valence-electron chi connectivity index (χ4n) is 3.15. The molecule has 0 radical (unpaired) electrons. The van der Waals surface area contributed by atoms with Crippen molar-refractivity contribution < 1.29 is 9.15 Å². The van der Waals surface area contributed by atoms with Crippen molar-refractivity contribution >= 4 is 11.5 Å². The molecule has 0 bridgehead atoms. The normalized spacial score (nSPS) is 23.8. The Balaban J connectivity index is 1.43. The maximum absolute atomic E-state index is 5.97. The van der Waals surface area contributed by atoms with Crippen molar-refractivity contribution in [2.75, 3.05) is 36.5 Å². The quantitative estimate of drug-likeness (QED) is 0.918. The molecule has 122 valence electrons. The van der Waals surface area contributed by atoms with Crippen molar-refractivity contribution in [3.63, 3.8) is 0 Å². The lowest BCUT2D eigenvalue weighted by Crippen LogP contribution is -2.37. The van der Waals surface area contributed by atoms with Gasteiger partial charge in [0.2, 0.25) is 0 Å². The molecule has 1 saturated carbocycles. The van der Waals surface area contributed by atoms with Crippen molar-refractivity contribution in [2.24, 2.45) is 5.92 Å². The first-order chi connectivity index (χ1) is 11.3. The van der Waals surface area contributed by atoms with Crippen LogP contribution in [0.2, 0.25) is 0 Å². The van der Waals surface area contributed by atoms with E-state index >= 15 is 0 Å². The van der Waals surface area contributed by atoms with Crippen LogP contribution in [-0.4, -0.2) is 31.3 Å². The van der Waals surface area contributed by atoms with E-state index in [9.17, 15) is 0 Å². The average molecular weight is 313 g/mol. The molecule has 2 fully saturated rings. The lowest BCUT2D eigenvalue weighted by atomic mass is 10.3. The van der Waals surface area contributed by atoms with E-state index < -0.39 is 0 Å². The van der Waals surface area contributed by atoms with Gasteiger partial charge in [-0.15, -0.1) is 0 Å². The number of hydrogen-bond acceptors (Lipinski definition) is 5. The molecule has 2 aromatic heterocycles. The molecule has 2 aliphatic rings. The van der Waals surface area contributed by atoms with Crippen LogP contribution < -0.4 is 10.2 Å². The largest absolute Gasteiger partial charge is 0.464 e. The molecule has 0 amide bonds. The number of rotatable bonds is 5. The van der Waals surface area contributed by atoms with Crippen molar-refractivity contribution in [3.8, 4) is 0 Å². The Kier molecular flexibility index (Phi) is 3.95. The van der Waals surface area contributed by atoms with Gasteiger partial charge in [0.25, 0.3) is 0 Å². The highest BCUT2D eigenvalue weighted by Crippen LogP contribution is 2.47. The van der Waals surface area contributed by atoms with E-state index in [0.29, 0.717) is 12.5 Å². The summed E-state index contributed by atoms with van der Waals surface area (Å²) in [6, 6.07) is 8.24. The number of hydrogen-bond donors (Lipinski definition) is 1. The number of pyridine rings is 1. The van der Waals surface area contributed by atoms with E-state index in [4.69, 9.17) is 9.15 Å². The molecule has 5 nitrogen and oxygen atoms in total. The first-order valence-corrected chi connectivity index (χ1v) is 8.41. The van der Waals surface area contributed by atoms with Gasteiger partial charge in [0, 0.05) is 25.2 Å². The Labute approximate surface area is 136 Å². The van der Waals surface area contributed by atoms with Crippen LogP contribution in [0.5, 0.6) is 0 Å². The van der Waals surface area contributed by atoms with E-state index in [1.807, 2.05) is 12.3 Å². The molecule has 0 spiro atoms. The fraction of sp³-hybridized carbons (Fsp3) is 0.500. The predicted octanol–water partition coefficient (Wildman–Crippen LogP) is 3.25. The number of nitrogens with one attached hydrogen (secondary N) is 1. The minimum absolute atomic E-state index is 0.631. The summed E-state index contributed by atoms with van der Waals surface area (Å²) in [6.45, 7) is 6.25. The van der Waals surface area contributed by atoms with Crippen LogP contribution in [-0.2, 0) is 11.3 Å². The smallest absolute Gasteiger partial charge is 0.152 e. The molecule has 23 heavy (non-hydrogen) atoms. The van der Waals surface area contributed by atoms with Gasteiger partial charge in [0.15, 0.2) is 5.82 Å². The van der Waals surface area contributed by atoms with Crippen LogP contribution in [0, 0.1) is 5.92 Å². The molecule has 2 aromatic rings. The average Bonchev–Trinajstić information content (AvgIpc) is 3.15. The van der Waals surface area contributed by atoms with Gasteiger partial charge >= 0.3 is 0 Å². The summed E-state index contributed by atoms with van der Waals surface area (Å²) in [5.74, 6) is 4.52. The molecule has 0 aromatic carbocycles. The van der Waals surface area contributed by atoms with Gasteiger partial charge in [-0.3, -0.25) is 0 Å². The molecule has 1 aliphatic carbocycles. The highest BCUT2D eigenvalue weighted by Gasteiger charge is 2.36. The summed E-state index contributed by atoms with van der Waals surface area (Å²) in [7, 11) is 0. The lowest BCUT2D eigenvalue weighted by Gasteiger charge is -2.29. The van der Waals surface area contributed by atoms with Crippen molar-refractivity contribution in [1.82, 2.24) is 4.98 Å². The third-order valence-electron chi connectivity index (χ3n) is 4.71. The number of anilines is 2. The van der Waals surface area contributed by atoms with Crippen molar-refractivity contribution in [2.45, 2.75) is 25.8 Å². The Morgan fingerprint density at radius 1 is 1.26 bits per heavy atom. The van der Waals surface area contributed by atoms with E-state index in [0.717, 1.165) is 55.2 Å². The zero-order chi connectivity index (χ0) is 15.6. The lowest BCUT2D eigenvalue weighted by molar-refractivity contribution is 0.122. The minimum Gasteiger partial charge on any atom is -0.464 e. The molecule has 1 N–H and O–H groups in total. The second kappa shape index (κ2) is 6.24. The second-order valence-electron chi connectivity index (χ2n) is 6.45. The third-order valence-corrected chi connectivity index (χ3v) is 4.71. The van der Waals surface area contributed by atoms with E-state index in [-0.39, 0.29) is 0 Å². The number of nitrogens with zero attached hydrogens (tertiary/aromatic N) is 2. The summed E-state index contributed by atoms with van der Waals surface area (Å²) in [6.07, 6.45) is 3.10. The monoisotopic (exact) mass is 313 g/mol. The van der Waals surface area contributed by atoms with Gasteiger partial charge in [0.05, 0.1) is 25.4 Å². The highest BCUT2D eigenvalue weighted by atomic mass is 16.5. The summed E-state index contributed by atoms with van der Waals surface area (Å²) in [5, 5.41) is 3.47. The summed E-state index contributed by atoms with van der Waals surface area (Å²) < 4.78 is 11.4. The number of aromatic nitrogens is 1. The van der Waals surface area contributed by atoms with E-state index in [2.05, 4.69) is 40.3 Å². The number of ether oxygens (including phenoxy) is 1. The predicted molar refractivity (Wildman–Crippen MR) is 89.8 cm³/mol.